The Morgan fingerprint density at radius 1 is 0.885 bits per heavy atom. The SMILES string of the molecule is CCc1cc(C)cc(CC)c1C1C(=O)C2=C(C1=O)C1CCC(C2)C(=O)C1. The van der Waals surface area contributed by atoms with E-state index in [0.717, 1.165) is 42.4 Å². The first-order valence-electron chi connectivity index (χ1n) is 9.92. The molecular weight excluding hydrogens is 324 g/mol. The molecule has 5 rings (SSSR count). The van der Waals surface area contributed by atoms with E-state index in [2.05, 4.69) is 32.9 Å². The number of hydrogen-bond acceptors (Lipinski definition) is 3. The summed E-state index contributed by atoms with van der Waals surface area (Å²) in [5.74, 6) is -0.545. The summed E-state index contributed by atoms with van der Waals surface area (Å²) in [6, 6.07) is 4.24. The minimum absolute atomic E-state index is 0.0152. The van der Waals surface area contributed by atoms with Crippen LogP contribution in [0.25, 0.3) is 0 Å². The standard InChI is InChI=1S/C23H26O3/c1-4-13-8-12(3)9-14(5-2)19(13)21-22(25)17-10-15-6-7-16(11-18(15)24)20(17)23(21)26/h8-9,15-16,21H,4-7,10-11H2,1-3H3. The number of carbonyl (C=O) groups is 3. The lowest BCUT2D eigenvalue weighted by molar-refractivity contribution is -0.126. The van der Waals surface area contributed by atoms with Crippen LogP contribution in [0, 0.1) is 18.8 Å². The van der Waals surface area contributed by atoms with Crippen LogP contribution in [0.1, 0.15) is 67.7 Å². The van der Waals surface area contributed by atoms with E-state index in [-0.39, 0.29) is 29.2 Å². The van der Waals surface area contributed by atoms with Crippen LogP contribution >= 0.6 is 0 Å². The van der Waals surface area contributed by atoms with E-state index >= 15 is 0 Å². The molecule has 0 radical (unpaired) electrons. The fourth-order valence-electron chi connectivity index (χ4n) is 5.34. The average molecular weight is 350 g/mol. The lowest BCUT2D eigenvalue weighted by Crippen LogP contribution is -2.28. The van der Waals surface area contributed by atoms with E-state index in [1.54, 1.807) is 0 Å². The molecule has 4 aliphatic rings. The van der Waals surface area contributed by atoms with Crippen molar-refractivity contribution in [2.24, 2.45) is 11.8 Å². The largest absolute Gasteiger partial charge is 0.299 e. The number of ketones is 3. The Balaban J connectivity index is 1.82. The molecule has 0 spiro atoms. The van der Waals surface area contributed by atoms with Gasteiger partial charge in [-0.2, -0.15) is 0 Å². The third kappa shape index (κ3) is 2.44. The van der Waals surface area contributed by atoms with Crippen LogP contribution in [0.2, 0.25) is 0 Å². The van der Waals surface area contributed by atoms with E-state index in [1.165, 1.54) is 5.56 Å². The maximum absolute atomic E-state index is 13.4. The molecule has 0 heterocycles. The van der Waals surface area contributed by atoms with Crippen LogP contribution in [0.5, 0.6) is 0 Å². The van der Waals surface area contributed by atoms with Crippen molar-refractivity contribution >= 4 is 17.3 Å². The number of hydrogen-bond donors (Lipinski definition) is 0. The van der Waals surface area contributed by atoms with Crippen molar-refractivity contribution in [3.8, 4) is 0 Å². The third-order valence-corrected chi connectivity index (χ3v) is 6.58. The Morgan fingerprint density at radius 3 is 2.08 bits per heavy atom. The maximum atomic E-state index is 13.4. The van der Waals surface area contributed by atoms with Crippen molar-refractivity contribution in [3.63, 3.8) is 0 Å². The van der Waals surface area contributed by atoms with Gasteiger partial charge in [0.2, 0.25) is 0 Å². The number of rotatable bonds is 3. The van der Waals surface area contributed by atoms with Gasteiger partial charge in [-0.3, -0.25) is 14.4 Å². The molecule has 0 aromatic heterocycles. The number of fused-ring (bicyclic) bond motifs is 2. The molecule has 3 heteroatoms. The molecule has 3 atom stereocenters. The number of aryl methyl sites for hydroxylation is 3. The highest BCUT2D eigenvalue weighted by Gasteiger charge is 2.50. The van der Waals surface area contributed by atoms with Crippen LogP contribution in [0.3, 0.4) is 0 Å². The lowest BCUT2D eigenvalue weighted by Gasteiger charge is -2.25. The zero-order chi connectivity index (χ0) is 18.6. The van der Waals surface area contributed by atoms with Gasteiger partial charge in [-0.25, -0.2) is 0 Å². The number of allylic oxidation sites excluding steroid dienone is 2. The molecular formula is C23H26O3. The Morgan fingerprint density at radius 2 is 1.50 bits per heavy atom. The second-order valence-electron chi connectivity index (χ2n) is 8.10. The van der Waals surface area contributed by atoms with Crippen molar-refractivity contribution in [3.05, 3.63) is 45.5 Å². The Labute approximate surface area is 154 Å². The topological polar surface area (TPSA) is 51.2 Å². The van der Waals surface area contributed by atoms with E-state index in [4.69, 9.17) is 0 Å². The summed E-state index contributed by atoms with van der Waals surface area (Å²) in [5, 5.41) is 0. The van der Waals surface area contributed by atoms with Gasteiger partial charge in [0, 0.05) is 23.5 Å². The van der Waals surface area contributed by atoms with Gasteiger partial charge in [-0.1, -0.05) is 31.5 Å². The first-order chi connectivity index (χ1) is 12.5. The monoisotopic (exact) mass is 350 g/mol. The zero-order valence-electron chi connectivity index (χ0n) is 15.9. The molecule has 1 aromatic rings. The number of carbonyl (C=O) groups excluding carboxylic acids is 3. The number of Topliss-reactive ketones (excluding diaryl/α,β-unsaturated/α-hetero) is 3. The van der Waals surface area contributed by atoms with Gasteiger partial charge in [0.1, 0.15) is 11.7 Å². The summed E-state index contributed by atoms with van der Waals surface area (Å²) in [6.45, 7) is 6.24. The van der Waals surface area contributed by atoms with Crippen molar-refractivity contribution in [2.75, 3.05) is 0 Å². The predicted molar refractivity (Wildman–Crippen MR) is 100 cm³/mol. The molecule has 1 aromatic carbocycles. The van der Waals surface area contributed by atoms with Gasteiger partial charge < -0.3 is 0 Å². The Hall–Kier alpha value is -2.03. The highest BCUT2D eigenvalue weighted by Crippen LogP contribution is 2.48. The average Bonchev–Trinajstić information content (AvgIpc) is 2.77. The van der Waals surface area contributed by atoms with Crippen molar-refractivity contribution in [2.45, 2.75) is 65.2 Å². The van der Waals surface area contributed by atoms with E-state index < -0.39 is 5.92 Å². The van der Waals surface area contributed by atoms with Gasteiger partial charge in [-0.15, -0.1) is 0 Å². The van der Waals surface area contributed by atoms with E-state index in [1.807, 2.05) is 0 Å². The fraction of sp³-hybridized carbons (Fsp3) is 0.522. The molecule has 0 saturated heterocycles. The normalized spacial score (nSPS) is 28.0. The molecule has 4 aliphatic carbocycles. The Kier molecular flexibility index (Phi) is 4.21. The third-order valence-electron chi connectivity index (χ3n) is 6.58. The van der Waals surface area contributed by atoms with Crippen molar-refractivity contribution < 1.29 is 14.4 Å². The summed E-state index contributed by atoms with van der Waals surface area (Å²) < 4.78 is 0. The minimum Gasteiger partial charge on any atom is -0.299 e. The molecule has 1 fully saturated rings. The number of benzene rings is 1. The van der Waals surface area contributed by atoms with Gasteiger partial charge in [0.05, 0.1) is 0 Å². The highest BCUT2D eigenvalue weighted by atomic mass is 16.2. The van der Waals surface area contributed by atoms with E-state index in [0.29, 0.717) is 24.0 Å². The lowest BCUT2D eigenvalue weighted by atomic mass is 9.76. The van der Waals surface area contributed by atoms with Gasteiger partial charge >= 0.3 is 0 Å². The van der Waals surface area contributed by atoms with Crippen LogP contribution in [0.15, 0.2) is 23.3 Å². The smallest absolute Gasteiger partial charge is 0.174 e. The maximum Gasteiger partial charge on any atom is 0.174 e. The van der Waals surface area contributed by atoms with Gasteiger partial charge in [-0.05, 0) is 61.6 Å². The molecule has 3 unspecified atom stereocenters. The first-order valence-corrected chi connectivity index (χ1v) is 9.92. The van der Waals surface area contributed by atoms with E-state index in [9.17, 15) is 14.4 Å². The summed E-state index contributed by atoms with van der Waals surface area (Å²) in [5.41, 5.74) is 5.76. The second-order valence-corrected chi connectivity index (χ2v) is 8.10. The molecule has 0 aliphatic heterocycles. The highest BCUT2D eigenvalue weighted by molar-refractivity contribution is 6.29. The van der Waals surface area contributed by atoms with Crippen molar-refractivity contribution in [1.82, 2.24) is 0 Å². The second kappa shape index (κ2) is 6.29. The minimum atomic E-state index is -0.667. The van der Waals surface area contributed by atoms with Crippen molar-refractivity contribution in [1.29, 1.82) is 0 Å². The quantitative estimate of drug-likeness (QED) is 0.773. The van der Waals surface area contributed by atoms with Gasteiger partial charge in [0.25, 0.3) is 0 Å². The molecule has 26 heavy (non-hydrogen) atoms. The fourth-order valence-corrected chi connectivity index (χ4v) is 5.34. The molecule has 3 nitrogen and oxygen atoms in total. The zero-order valence-corrected chi connectivity index (χ0v) is 15.9. The van der Waals surface area contributed by atoms with Crippen LogP contribution in [-0.4, -0.2) is 17.3 Å². The summed E-state index contributed by atoms with van der Waals surface area (Å²) in [4.78, 5) is 39.1. The predicted octanol–water partition coefficient (Wildman–Crippen LogP) is 4.04. The molecule has 2 bridgehead atoms. The summed E-state index contributed by atoms with van der Waals surface area (Å²) in [6.07, 6.45) is 4.26. The summed E-state index contributed by atoms with van der Waals surface area (Å²) >= 11 is 0. The Bertz CT molecular complexity index is 833. The first kappa shape index (κ1) is 17.4. The van der Waals surface area contributed by atoms with Crippen LogP contribution in [0.4, 0.5) is 0 Å². The van der Waals surface area contributed by atoms with Crippen LogP contribution < -0.4 is 0 Å². The summed E-state index contributed by atoms with van der Waals surface area (Å²) in [7, 11) is 0. The molecule has 1 saturated carbocycles. The molecule has 0 amide bonds. The molecule has 0 N–H and O–H groups in total. The van der Waals surface area contributed by atoms with Crippen LogP contribution in [-0.2, 0) is 27.2 Å². The van der Waals surface area contributed by atoms with Gasteiger partial charge in [0.15, 0.2) is 11.6 Å². The molecule has 136 valence electrons.